The predicted molar refractivity (Wildman–Crippen MR) is 103 cm³/mol. The van der Waals surface area contributed by atoms with Gasteiger partial charge in [-0.2, -0.15) is 0 Å². The van der Waals surface area contributed by atoms with Crippen molar-refractivity contribution in [3.63, 3.8) is 0 Å². The molecule has 0 atom stereocenters. The van der Waals surface area contributed by atoms with Crippen LogP contribution in [0.5, 0.6) is 0 Å². The van der Waals surface area contributed by atoms with Crippen molar-refractivity contribution in [3.8, 4) is 0 Å². The van der Waals surface area contributed by atoms with Crippen LogP contribution in [0.15, 0.2) is 10.5 Å². The molecule has 1 aromatic rings. The summed E-state index contributed by atoms with van der Waals surface area (Å²) in [7, 11) is 1.78. The molecule has 130 valence electrons. The molecule has 1 saturated heterocycles. The molecule has 1 aliphatic heterocycles. The molecule has 1 aliphatic rings. The summed E-state index contributed by atoms with van der Waals surface area (Å²) in [5.74, 6) is 0.858. The Bertz CT molecular complexity index is 529. The molecule has 9 heteroatoms. The number of halogens is 1. The highest BCUT2D eigenvalue weighted by Crippen LogP contribution is 2.12. The van der Waals surface area contributed by atoms with E-state index in [0.717, 1.165) is 31.3 Å². The predicted octanol–water partition coefficient (Wildman–Crippen LogP) is 1.92. The summed E-state index contributed by atoms with van der Waals surface area (Å²) in [6.45, 7) is 7.77. The van der Waals surface area contributed by atoms with Gasteiger partial charge in [0.2, 0.25) is 0 Å². The van der Waals surface area contributed by atoms with Gasteiger partial charge in [0.1, 0.15) is 0 Å². The molecule has 2 heterocycles. The Kier molecular flexibility index (Phi) is 8.59. The monoisotopic (exact) mass is 453 g/mol. The number of amides is 1. The zero-order valence-electron chi connectivity index (χ0n) is 13.7. The number of thiazole rings is 1. The van der Waals surface area contributed by atoms with Crippen molar-refractivity contribution >= 4 is 47.4 Å². The van der Waals surface area contributed by atoms with Crippen molar-refractivity contribution in [2.24, 2.45) is 4.99 Å². The molecule has 1 N–H and O–H groups in total. The van der Waals surface area contributed by atoms with Gasteiger partial charge in [-0.3, -0.25) is 4.99 Å². The summed E-state index contributed by atoms with van der Waals surface area (Å²) >= 11 is 1.64. The van der Waals surface area contributed by atoms with Crippen LogP contribution in [0.4, 0.5) is 4.79 Å². The van der Waals surface area contributed by atoms with E-state index in [0.29, 0.717) is 19.7 Å². The Morgan fingerprint density at radius 3 is 2.57 bits per heavy atom. The molecule has 0 spiro atoms. The summed E-state index contributed by atoms with van der Waals surface area (Å²) in [5.41, 5.74) is 2.91. The Labute approximate surface area is 158 Å². The zero-order chi connectivity index (χ0) is 15.9. The first-order valence-electron chi connectivity index (χ1n) is 7.42. The number of nitrogens with zero attached hydrogens (tertiary/aromatic N) is 4. The van der Waals surface area contributed by atoms with Crippen LogP contribution in [0, 0.1) is 6.92 Å². The quantitative estimate of drug-likeness (QED) is 0.430. The van der Waals surface area contributed by atoms with E-state index in [1.807, 2.05) is 19.4 Å². The second kappa shape index (κ2) is 9.91. The molecule has 1 aromatic heterocycles. The number of nitrogens with one attached hydrogen (secondary N) is 1. The second-order valence-corrected chi connectivity index (χ2v) is 5.87. The largest absolute Gasteiger partial charge is 0.450 e. The van der Waals surface area contributed by atoms with Gasteiger partial charge in [0, 0.05) is 38.1 Å². The summed E-state index contributed by atoms with van der Waals surface area (Å²) in [4.78, 5) is 25.4. The second-order valence-electron chi connectivity index (χ2n) is 4.93. The zero-order valence-corrected chi connectivity index (χ0v) is 16.9. The van der Waals surface area contributed by atoms with Gasteiger partial charge in [0.05, 0.1) is 24.4 Å². The normalized spacial score (nSPS) is 15.2. The van der Waals surface area contributed by atoms with Crippen LogP contribution in [0.1, 0.15) is 17.5 Å². The van der Waals surface area contributed by atoms with E-state index in [1.165, 1.54) is 4.88 Å². The molecule has 0 aliphatic carbocycles. The number of ether oxygens (including phenoxy) is 1. The molecule has 2 rings (SSSR count). The third kappa shape index (κ3) is 5.48. The number of aryl methyl sites for hydroxylation is 1. The molecule has 7 nitrogen and oxygen atoms in total. The Balaban J connectivity index is 0.00000264. The maximum Gasteiger partial charge on any atom is 0.409 e. The van der Waals surface area contributed by atoms with Gasteiger partial charge in [-0.15, -0.1) is 35.3 Å². The molecule has 0 radical (unpaired) electrons. The van der Waals surface area contributed by atoms with E-state index < -0.39 is 0 Å². The summed E-state index contributed by atoms with van der Waals surface area (Å²) < 4.78 is 5.03. The van der Waals surface area contributed by atoms with Gasteiger partial charge < -0.3 is 19.9 Å². The van der Waals surface area contributed by atoms with Gasteiger partial charge in [-0.25, -0.2) is 9.78 Å². The lowest BCUT2D eigenvalue weighted by Crippen LogP contribution is -2.53. The Hall–Kier alpha value is -1.10. The van der Waals surface area contributed by atoms with E-state index in [1.54, 1.807) is 23.3 Å². The minimum Gasteiger partial charge on any atom is -0.450 e. The molecule has 0 bridgehead atoms. The fraction of sp³-hybridized carbons (Fsp3) is 0.643. The van der Waals surface area contributed by atoms with Crippen molar-refractivity contribution in [2.75, 3.05) is 39.8 Å². The molecule has 1 fully saturated rings. The van der Waals surface area contributed by atoms with Crippen LogP contribution >= 0.6 is 35.3 Å². The van der Waals surface area contributed by atoms with E-state index in [2.05, 4.69) is 20.2 Å². The Morgan fingerprint density at radius 1 is 1.39 bits per heavy atom. The van der Waals surface area contributed by atoms with Crippen LogP contribution in [0.25, 0.3) is 0 Å². The molecule has 23 heavy (non-hydrogen) atoms. The fourth-order valence-corrected chi connectivity index (χ4v) is 3.02. The van der Waals surface area contributed by atoms with Crippen LogP contribution in [-0.2, 0) is 11.3 Å². The van der Waals surface area contributed by atoms with Crippen molar-refractivity contribution < 1.29 is 9.53 Å². The first-order valence-corrected chi connectivity index (χ1v) is 8.30. The van der Waals surface area contributed by atoms with Crippen LogP contribution in [-0.4, -0.2) is 66.7 Å². The number of guanidine groups is 1. The summed E-state index contributed by atoms with van der Waals surface area (Å²) in [6.07, 6.45) is -0.231. The van der Waals surface area contributed by atoms with Crippen LogP contribution in [0.2, 0.25) is 0 Å². The van der Waals surface area contributed by atoms with Crippen molar-refractivity contribution in [3.05, 3.63) is 16.1 Å². The SMILES string of the molecule is CCOC(=O)N1CCN(C(=NC)NCc2scnc2C)CC1.I. The molecule has 0 unspecified atom stereocenters. The standard InChI is InChI=1S/C14H23N5O2S.HI/c1-4-21-14(20)19-7-5-18(6-8-19)13(15-3)16-9-12-11(2)17-10-22-12;/h10H,4-9H2,1-3H3,(H,15,16);1H. The van der Waals surface area contributed by atoms with E-state index >= 15 is 0 Å². The number of aromatic nitrogens is 1. The Morgan fingerprint density at radius 2 is 2.04 bits per heavy atom. The lowest BCUT2D eigenvalue weighted by Gasteiger charge is -2.35. The summed E-state index contributed by atoms with van der Waals surface area (Å²) in [5, 5.41) is 3.36. The third-order valence-electron chi connectivity index (χ3n) is 3.57. The van der Waals surface area contributed by atoms with E-state index in [9.17, 15) is 4.79 Å². The van der Waals surface area contributed by atoms with Gasteiger partial charge in [0.15, 0.2) is 5.96 Å². The first-order chi connectivity index (χ1) is 10.7. The smallest absolute Gasteiger partial charge is 0.409 e. The van der Waals surface area contributed by atoms with Crippen LogP contribution < -0.4 is 5.32 Å². The maximum absolute atomic E-state index is 11.7. The minimum absolute atomic E-state index is 0. The average Bonchev–Trinajstić information content (AvgIpc) is 2.94. The molecule has 1 amide bonds. The van der Waals surface area contributed by atoms with Gasteiger partial charge >= 0.3 is 6.09 Å². The lowest BCUT2D eigenvalue weighted by molar-refractivity contribution is 0.0914. The number of carbonyl (C=O) groups excluding carboxylic acids is 1. The van der Waals surface area contributed by atoms with Crippen molar-refractivity contribution in [1.82, 2.24) is 20.1 Å². The van der Waals surface area contributed by atoms with Crippen molar-refractivity contribution in [2.45, 2.75) is 20.4 Å². The maximum atomic E-state index is 11.7. The molecule has 0 saturated carbocycles. The van der Waals surface area contributed by atoms with E-state index in [4.69, 9.17) is 4.74 Å². The highest BCUT2D eigenvalue weighted by molar-refractivity contribution is 14.0. The highest BCUT2D eigenvalue weighted by Gasteiger charge is 2.23. The average molecular weight is 453 g/mol. The topological polar surface area (TPSA) is 70.1 Å². The number of piperazine rings is 1. The number of hydrogen-bond acceptors (Lipinski definition) is 5. The number of hydrogen-bond donors (Lipinski definition) is 1. The van der Waals surface area contributed by atoms with Crippen LogP contribution in [0.3, 0.4) is 0 Å². The van der Waals surface area contributed by atoms with Gasteiger partial charge in [-0.05, 0) is 13.8 Å². The fourth-order valence-electron chi connectivity index (χ4n) is 2.30. The van der Waals surface area contributed by atoms with Gasteiger partial charge in [-0.1, -0.05) is 0 Å². The first kappa shape index (κ1) is 19.9. The van der Waals surface area contributed by atoms with Gasteiger partial charge in [0.25, 0.3) is 0 Å². The minimum atomic E-state index is -0.231. The van der Waals surface area contributed by atoms with E-state index in [-0.39, 0.29) is 30.1 Å². The highest BCUT2D eigenvalue weighted by atomic mass is 127. The molecular formula is C14H24IN5O2S. The summed E-state index contributed by atoms with van der Waals surface area (Å²) in [6, 6.07) is 0. The number of carbonyl (C=O) groups is 1. The molecular weight excluding hydrogens is 429 g/mol. The molecule has 0 aromatic carbocycles. The number of aliphatic imine (C=N–C) groups is 1. The number of rotatable bonds is 3. The van der Waals surface area contributed by atoms with Crippen molar-refractivity contribution in [1.29, 1.82) is 0 Å². The third-order valence-corrected chi connectivity index (χ3v) is 4.50. The lowest BCUT2D eigenvalue weighted by atomic mass is 10.3.